The van der Waals surface area contributed by atoms with Gasteiger partial charge in [0.1, 0.15) is 5.75 Å². The van der Waals surface area contributed by atoms with E-state index in [1.54, 1.807) is 12.1 Å². The van der Waals surface area contributed by atoms with Gasteiger partial charge < -0.3 is 20.7 Å². The number of anilines is 2. The molecule has 0 radical (unpaired) electrons. The summed E-state index contributed by atoms with van der Waals surface area (Å²) in [7, 11) is 0. The van der Waals surface area contributed by atoms with Crippen LogP contribution in [0.15, 0.2) is 48.5 Å². The standard InChI is InChI=1S/C23H30N4O3/c1-17(2)26-12-14-27(15-13-26)19-9-7-18(8-10-19)23(29)25-20-5-3-4-6-21(20)30-16-11-22(24)28/h3-10,17H,11-16H2,1-2H3,(H2,24,28)(H,25,29). The molecule has 160 valence electrons. The van der Waals surface area contributed by atoms with Crippen molar-refractivity contribution in [1.29, 1.82) is 0 Å². The van der Waals surface area contributed by atoms with Crippen molar-refractivity contribution in [1.82, 2.24) is 4.90 Å². The number of carbonyl (C=O) groups is 2. The summed E-state index contributed by atoms with van der Waals surface area (Å²) in [5.41, 5.74) is 7.40. The SMILES string of the molecule is CC(C)N1CCN(c2ccc(C(=O)Nc3ccccc3OCCC(N)=O)cc2)CC1. The van der Waals surface area contributed by atoms with E-state index in [4.69, 9.17) is 10.5 Å². The Bertz CT molecular complexity index is 859. The van der Waals surface area contributed by atoms with Gasteiger partial charge in [-0.05, 0) is 50.2 Å². The molecule has 0 saturated carbocycles. The van der Waals surface area contributed by atoms with Gasteiger partial charge in [-0.2, -0.15) is 0 Å². The van der Waals surface area contributed by atoms with Crippen molar-refractivity contribution < 1.29 is 14.3 Å². The summed E-state index contributed by atoms with van der Waals surface area (Å²) in [5, 5.41) is 2.88. The lowest BCUT2D eigenvalue weighted by molar-refractivity contribution is -0.118. The number of nitrogens with zero attached hydrogens (tertiary/aromatic N) is 2. The fraction of sp³-hybridized carbons (Fsp3) is 0.391. The molecule has 0 aromatic heterocycles. The summed E-state index contributed by atoms with van der Waals surface area (Å²) < 4.78 is 5.58. The molecule has 1 aliphatic heterocycles. The fourth-order valence-electron chi connectivity index (χ4n) is 3.47. The van der Waals surface area contributed by atoms with Crippen molar-refractivity contribution in [3.63, 3.8) is 0 Å². The molecule has 3 N–H and O–H groups in total. The Morgan fingerprint density at radius 1 is 1.03 bits per heavy atom. The molecule has 3 rings (SSSR count). The van der Waals surface area contributed by atoms with Crippen LogP contribution in [-0.4, -0.2) is 55.5 Å². The monoisotopic (exact) mass is 410 g/mol. The number of primary amides is 1. The minimum atomic E-state index is -0.428. The average Bonchev–Trinajstić information content (AvgIpc) is 2.75. The smallest absolute Gasteiger partial charge is 0.255 e. The number of carbonyl (C=O) groups excluding carboxylic acids is 2. The second-order valence-electron chi connectivity index (χ2n) is 7.68. The lowest BCUT2D eigenvalue weighted by atomic mass is 10.1. The molecule has 0 spiro atoms. The number of hydrogen-bond acceptors (Lipinski definition) is 5. The van der Waals surface area contributed by atoms with Gasteiger partial charge in [0, 0.05) is 43.5 Å². The molecule has 7 nitrogen and oxygen atoms in total. The maximum absolute atomic E-state index is 12.7. The Hall–Kier alpha value is -3.06. The highest BCUT2D eigenvalue weighted by molar-refractivity contribution is 6.05. The van der Waals surface area contributed by atoms with Crippen molar-refractivity contribution in [3.8, 4) is 5.75 Å². The maximum Gasteiger partial charge on any atom is 0.255 e. The van der Waals surface area contributed by atoms with Crippen molar-refractivity contribution in [2.24, 2.45) is 5.73 Å². The third-order valence-electron chi connectivity index (χ3n) is 5.28. The summed E-state index contributed by atoms with van der Waals surface area (Å²) in [4.78, 5) is 28.4. The van der Waals surface area contributed by atoms with E-state index in [2.05, 4.69) is 29.0 Å². The summed E-state index contributed by atoms with van der Waals surface area (Å²) in [6.45, 7) is 8.69. The molecule has 1 saturated heterocycles. The third-order valence-corrected chi connectivity index (χ3v) is 5.28. The number of nitrogens with two attached hydrogens (primary N) is 1. The number of benzene rings is 2. The molecule has 7 heteroatoms. The number of piperazine rings is 1. The number of hydrogen-bond donors (Lipinski definition) is 2. The third kappa shape index (κ3) is 5.73. The van der Waals surface area contributed by atoms with E-state index in [1.807, 2.05) is 36.4 Å². The van der Waals surface area contributed by atoms with Gasteiger partial charge in [-0.15, -0.1) is 0 Å². The lowest BCUT2D eigenvalue weighted by Gasteiger charge is -2.38. The summed E-state index contributed by atoms with van der Waals surface area (Å²) in [6.07, 6.45) is 0.120. The minimum absolute atomic E-state index is 0.120. The molecule has 2 aromatic rings. The highest BCUT2D eigenvalue weighted by Gasteiger charge is 2.19. The number of amides is 2. The van der Waals surface area contributed by atoms with E-state index in [0.29, 0.717) is 23.0 Å². The van der Waals surface area contributed by atoms with E-state index in [9.17, 15) is 9.59 Å². The van der Waals surface area contributed by atoms with Crippen molar-refractivity contribution in [3.05, 3.63) is 54.1 Å². The van der Waals surface area contributed by atoms with Gasteiger partial charge in [0.05, 0.1) is 18.7 Å². The van der Waals surface area contributed by atoms with Crippen molar-refractivity contribution in [2.75, 3.05) is 43.0 Å². The summed E-state index contributed by atoms with van der Waals surface area (Å²) >= 11 is 0. The largest absolute Gasteiger partial charge is 0.491 e. The van der Waals surface area contributed by atoms with Crippen LogP contribution in [0.5, 0.6) is 5.75 Å². The second-order valence-corrected chi connectivity index (χ2v) is 7.68. The van der Waals surface area contributed by atoms with Gasteiger partial charge in [0.25, 0.3) is 5.91 Å². The van der Waals surface area contributed by atoms with Gasteiger partial charge in [0.15, 0.2) is 0 Å². The molecule has 1 heterocycles. The van der Waals surface area contributed by atoms with Gasteiger partial charge >= 0.3 is 0 Å². The topological polar surface area (TPSA) is 87.9 Å². The summed E-state index contributed by atoms with van der Waals surface area (Å²) in [6, 6.07) is 15.4. The first-order valence-corrected chi connectivity index (χ1v) is 10.3. The molecule has 30 heavy (non-hydrogen) atoms. The van der Waals surface area contributed by atoms with E-state index in [-0.39, 0.29) is 18.9 Å². The van der Waals surface area contributed by atoms with Crippen LogP contribution in [0.1, 0.15) is 30.6 Å². The first-order chi connectivity index (χ1) is 14.4. The maximum atomic E-state index is 12.7. The van der Waals surface area contributed by atoms with Gasteiger partial charge in [0.2, 0.25) is 5.91 Å². The van der Waals surface area contributed by atoms with Crippen molar-refractivity contribution >= 4 is 23.2 Å². The molecule has 0 unspecified atom stereocenters. The molecule has 2 aromatic carbocycles. The Kier molecular flexibility index (Phi) is 7.30. The Morgan fingerprint density at radius 2 is 1.70 bits per heavy atom. The Labute approximate surface area is 177 Å². The van der Waals surface area contributed by atoms with Gasteiger partial charge in [-0.25, -0.2) is 0 Å². The second kappa shape index (κ2) is 10.1. The normalized spacial score (nSPS) is 14.6. The Balaban J connectivity index is 1.60. The molecule has 0 aliphatic carbocycles. The minimum Gasteiger partial charge on any atom is -0.491 e. The zero-order chi connectivity index (χ0) is 21.5. The van der Waals surface area contributed by atoms with E-state index in [1.165, 1.54) is 0 Å². The zero-order valence-corrected chi connectivity index (χ0v) is 17.6. The molecular formula is C23H30N4O3. The van der Waals surface area contributed by atoms with Crippen LogP contribution in [0.3, 0.4) is 0 Å². The van der Waals surface area contributed by atoms with E-state index in [0.717, 1.165) is 31.9 Å². The predicted octanol–water partition coefficient (Wildman–Crippen LogP) is 2.72. The predicted molar refractivity (Wildman–Crippen MR) is 119 cm³/mol. The zero-order valence-electron chi connectivity index (χ0n) is 17.6. The van der Waals surface area contributed by atoms with Crippen LogP contribution in [0.4, 0.5) is 11.4 Å². The van der Waals surface area contributed by atoms with E-state index >= 15 is 0 Å². The van der Waals surface area contributed by atoms with Gasteiger partial charge in [-0.1, -0.05) is 12.1 Å². The molecule has 0 bridgehead atoms. The van der Waals surface area contributed by atoms with Crippen LogP contribution in [-0.2, 0) is 4.79 Å². The van der Waals surface area contributed by atoms with Crippen LogP contribution in [0, 0.1) is 0 Å². The number of rotatable bonds is 8. The van der Waals surface area contributed by atoms with Crippen molar-refractivity contribution in [2.45, 2.75) is 26.3 Å². The average molecular weight is 411 g/mol. The Morgan fingerprint density at radius 3 is 2.33 bits per heavy atom. The lowest BCUT2D eigenvalue weighted by Crippen LogP contribution is -2.48. The van der Waals surface area contributed by atoms with E-state index < -0.39 is 5.91 Å². The number of ether oxygens (including phenoxy) is 1. The molecular weight excluding hydrogens is 380 g/mol. The molecule has 0 atom stereocenters. The van der Waals surface area contributed by atoms with Crippen LogP contribution >= 0.6 is 0 Å². The van der Waals surface area contributed by atoms with Crippen LogP contribution in [0.25, 0.3) is 0 Å². The molecule has 2 amide bonds. The fourth-order valence-corrected chi connectivity index (χ4v) is 3.47. The highest BCUT2D eigenvalue weighted by atomic mass is 16.5. The van der Waals surface area contributed by atoms with Crippen LogP contribution < -0.4 is 20.7 Å². The first-order valence-electron chi connectivity index (χ1n) is 10.3. The number of nitrogens with one attached hydrogen (secondary N) is 1. The van der Waals surface area contributed by atoms with Gasteiger partial charge in [-0.3, -0.25) is 14.5 Å². The first kappa shape index (κ1) is 21.6. The number of para-hydroxylation sites is 2. The van der Waals surface area contributed by atoms with Crippen LogP contribution in [0.2, 0.25) is 0 Å². The summed E-state index contributed by atoms with van der Waals surface area (Å²) in [5.74, 6) is -0.133. The molecule has 1 fully saturated rings. The quantitative estimate of drug-likeness (QED) is 0.699. The highest BCUT2D eigenvalue weighted by Crippen LogP contribution is 2.25. The molecule has 1 aliphatic rings.